The number of aromatic nitrogens is 1. The van der Waals surface area contributed by atoms with E-state index >= 15 is 0 Å². The quantitative estimate of drug-likeness (QED) is 0.407. The van der Waals surface area contributed by atoms with Crippen molar-refractivity contribution in [3.05, 3.63) is 53.1 Å². The van der Waals surface area contributed by atoms with Gasteiger partial charge in [-0.2, -0.15) is 0 Å². The minimum absolute atomic E-state index is 0.0891. The van der Waals surface area contributed by atoms with Crippen molar-refractivity contribution in [2.75, 3.05) is 27.2 Å². The predicted molar refractivity (Wildman–Crippen MR) is 175 cm³/mol. The van der Waals surface area contributed by atoms with E-state index in [1.165, 1.54) is 30.4 Å². The molecule has 0 radical (unpaired) electrons. The summed E-state index contributed by atoms with van der Waals surface area (Å²) in [6.45, 7) is 2.25. The lowest BCUT2D eigenvalue weighted by Crippen LogP contribution is -2.50. The largest absolute Gasteiger partial charge is 0.497 e. The van der Waals surface area contributed by atoms with E-state index in [4.69, 9.17) is 4.74 Å². The molecule has 2 bridgehead atoms. The molecule has 242 valence electrons. The van der Waals surface area contributed by atoms with Crippen molar-refractivity contribution in [2.24, 2.45) is 5.41 Å². The monoisotopic (exact) mass is 642 g/mol. The zero-order valence-corrected chi connectivity index (χ0v) is 27.4. The summed E-state index contributed by atoms with van der Waals surface area (Å²) in [6, 6.07) is 12.7. The molecule has 3 saturated carbocycles. The van der Waals surface area contributed by atoms with Crippen LogP contribution in [-0.4, -0.2) is 79.2 Å². The molecule has 2 saturated heterocycles. The van der Waals surface area contributed by atoms with Crippen molar-refractivity contribution in [1.82, 2.24) is 19.1 Å². The van der Waals surface area contributed by atoms with Gasteiger partial charge in [-0.3, -0.25) is 14.5 Å². The van der Waals surface area contributed by atoms with Crippen molar-refractivity contribution >= 4 is 32.7 Å². The Balaban J connectivity index is 1.22. The van der Waals surface area contributed by atoms with Gasteiger partial charge in [0.1, 0.15) is 5.75 Å². The SMILES string of the molecule is COc1ccc2c(c1)[C@H]1C[C@@]1(C(=O)N1C[C@@H]3CC1CN3C)Cn1c-2c(C2CCCCC2)c2ccc(C(=O)NS(=O)(=O)C3CC3)cc21. The normalized spacial score (nSPS) is 28.8. The molecule has 3 aromatic rings. The zero-order valence-electron chi connectivity index (χ0n) is 26.6. The summed E-state index contributed by atoms with van der Waals surface area (Å²) in [4.78, 5) is 32.7. The second kappa shape index (κ2) is 10.1. The van der Waals surface area contributed by atoms with Crippen molar-refractivity contribution in [2.45, 2.75) is 93.5 Å². The second-order valence-corrected chi connectivity index (χ2v) is 16.9. The maximum absolute atomic E-state index is 14.8. The number of likely N-dealkylation sites (N-methyl/N-ethyl adjacent to an activating group) is 1. The number of methoxy groups -OCH3 is 1. The summed E-state index contributed by atoms with van der Waals surface area (Å²) in [5, 5.41) is 0.628. The molecule has 4 atom stereocenters. The first-order valence-corrected chi connectivity index (χ1v) is 18.6. The molecule has 1 N–H and O–H groups in total. The number of nitrogens with zero attached hydrogens (tertiary/aromatic N) is 3. The topological polar surface area (TPSA) is 101 Å². The van der Waals surface area contributed by atoms with Crippen LogP contribution in [0.4, 0.5) is 0 Å². The van der Waals surface area contributed by atoms with Gasteiger partial charge in [-0.15, -0.1) is 0 Å². The number of fused-ring (bicyclic) bond motifs is 9. The number of nitrogens with one attached hydrogen (secondary N) is 1. The van der Waals surface area contributed by atoms with Gasteiger partial charge in [0.2, 0.25) is 15.9 Å². The number of sulfonamides is 1. The van der Waals surface area contributed by atoms with Gasteiger partial charge in [0.25, 0.3) is 5.91 Å². The standard InChI is InChI=1S/C36H42N4O5S/c1-38-18-24-15-23(38)19-39(24)35(42)36-17-30(36)29-16-25(45-2)9-13-27(29)33-32(21-6-4-3-5-7-21)28-12-8-22(14-31(28)40(33)20-36)34(41)37-46(43,44)26-10-11-26/h8-9,12-14,16,21,23-24,26,30H,3-7,10-11,15,17-20H2,1-2H3,(H,37,41)/t23-,24?,30+,36+/m0/s1. The maximum Gasteiger partial charge on any atom is 0.264 e. The molecule has 0 spiro atoms. The van der Waals surface area contributed by atoms with Crippen LogP contribution in [0.3, 0.4) is 0 Å². The molecule has 4 heterocycles. The number of carbonyl (C=O) groups is 2. The Morgan fingerprint density at radius 3 is 2.48 bits per heavy atom. The number of hydrogen-bond acceptors (Lipinski definition) is 6. The van der Waals surface area contributed by atoms with Crippen LogP contribution in [0.25, 0.3) is 22.2 Å². The van der Waals surface area contributed by atoms with E-state index in [0.29, 0.717) is 36.9 Å². The summed E-state index contributed by atoms with van der Waals surface area (Å²) in [5.74, 6) is 0.933. The number of hydrogen-bond donors (Lipinski definition) is 1. The van der Waals surface area contributed by atoms with Crippen LogP contribution in [0, 0.1) is 5.41 Å². The average molecular weight is 643 g/mol. The molecule has 5 fully saturated rings. The molecular formula is C36H42N4O5S. The smallest absolute Gasteiger partial charge is 0.264 e. The second-order valence-electron chi connectivity index (χ2n) is 14.9. The summed E-state index contributed by atoms with van der Waals surface area (Å²) >= 11 is 0. The van der Waals surface area contributed by atoms with Crippen molar-refractivity contribution in [3.63, 3.8) is 0 Å². The fourth-order valence-electron chi connectivity index (χ4n) is 9.47. The van der Waals surface area contributed by atoms with Crippen LogP contribution in [-0.2, 0) is 21.4 Å². The minimum atomic E-state index is -3.68. The number of likely N-dealkylation sites (tertiary alicyclic amines) is 2. The Bertz CT molecular complexity index is 1910. The Hall–Kier alpha value is -3.37. The number of piperazine rings is 1. The van der Waals surface area contributed by atoms with Gasteiger partial charge in [0.05, 0.1) is 23.5 Å². The van der Waals surface area contributed by atoms with Gasteiger partial charge in [0.15, 0.2) is 0 Å². The number of benzene rings is 2. The van der Waals surface area contributed by atoms with Gasteiger partial charge in [-0.05, 0) is 92.9 Å². The van der Waals surface area contributed by atoms with E-state index in [1.54, 1.807) is 13.2 Å². The van der Waals surface area contributed by atoms with E-state index < -0.39 is 26.6 Å². The van der Waals surface area contributed by atoms with Gasteiger partial charge < -0.3 is 14.2 Å². The first-order valence-electron chi connectivity index (χ1n) is 17.1. The molecule has 6 aliphatic rings. The number of rotatable bonds is 6. The van der Waals surface area contributed by atoms with Crippen LogP contribution < -0.4 is 9.46 Å². The highest BCUT2D eigenvalue weighted by atomic mass is 32.2. The number of ether oxygens (including phenoxy) is 1. The Morgan fingerprint density at radius 1 is 0.978 bits per heavy atom. The van der Waals surface area contributed by atoms with Gasteiger partial charge in [-0.25, -0.2) is 13.1 Å². The molecule has 10 heteroatoms. The van der Waals surface area contributed by atoms with Crippen LogP contribution >= 0.6 is 0 Å². The third-order valence-electron chi connectivity index (χ3n) is 12.2. The minimum Gasteiger partial charge on any atom is -0.497 e. The summed E-state index contributed by atoms with van der Waals surface area (Å²) in [5.41, 5.74) is 5.48. The van der Waals surface area contributed by atoms with E-state index in [9.17, 15) is 18.0 Å². The van der Waals surface area contributed by atoms with E-state index in [2.05, 4.69) is 38.3 Å². The Labute approximate surface area is 270 Å². The molecule has 9 nitrogen and oxygen atoms in total. The molecule has 3 aliphatic carbocycles. The van der Waals surface area contributed by atoms with E-state index in [1.807, 2.05) is 18.2 Å². The van der Waals surface area contributed by atoms with Crippen molar-refractivity contribution in [1.29, 1.82) is 0 Å². The molecular weight excluding hydrogens is 600 g/mol. The summed E-state index contributed by atoms with van der Waals surface area (Å²) in [7, 11) is 0.174. The van der Waals surface area contributed by atoms with Crippen LogP contribution in [0.2, 0.25) is 0 Å². The fraction of sp³-hybridized carbons (Fsp3) is 0.556. The van der Waals surface area contributed by atoms with Crippen molar-refractivity contribution < 1.29 is 22.7 Å². The average Bonchev–Trinajstić information content (AvgIpc) is 3.95. The third kappa shape index (κ3) is 4.24. The molecule has 46 heavy (non-hydrogen) atoms. The van der Waals surface area contributed by atoms with Gasteiger partial charge >= 0.3 is 0 Å². The first-order chi connectivity index (χ1) is 22.2. The van der Waals surface area contributed by atoms with Crippen LogP contribution in [0.5, 0.6) is 5.75 Å². The number of carbonyl (C=O) groups excluding carboxylic acids is 2. The predicted octanol–water partition coefficient (Wildman–Crippen LogP) is 4.99. The lowest BCUT2D eigenvalue weighted by Gasteiger charge is -2.35. The zero-order chi connectivity index (χ0) is 31.5. The lowest BCUT2D eigenvalue weighted by atomic mass is 9.81. The van der Waals surface area contributed by atoms with Gasteiger partial charge in [0, 0.05) is 59.7 Å². The molecule has 1 aromatic heterocycles. The van der Waals surface area contributed by atoms with E-state index in [0.717, 1.165) is 66.7 Å². The van der Waals surface area contributed by atoms with Crippen molar-refractivity contribution in [3.8, 4) is 17.0 Å². The Kier molecular flexibility index (Phi) is 6.31. The summed E-state index contributed by atoms with van der Waals surface area (Å²) in [6.07, 6.45) is 8.84. The highest BCUT2D eigenvalue weighted by Crippen LogP contribution is 2.66. The molecule has 1 unspecified atom stereocenters. The first kappa shape index (κ1) is 28.8. The van der Waals surface area contributed by atoms with E-state index in [-0.39, 0.29) is 17.9 Å². The highest BCUT2D eigenvalue weighted by molar-refractivity contribution is 7.91. The lowest BCUT2D eigenvalue weighted by molar-refractivity contribution is -0.140. The van der Waals surface area contributed by atoms with Crippen LogP contribution in [0.15, 0.2) is 36.4 Å². The third-order valence-corrected chi connectivity index (χ3v) is 14.0. The molecule has 2 aromatic carbocycles. The summed E-state index contributed by atoms with van der Waals surface area (Å²) < 4.78 is 35.8. The van der Waals surface area contributed by atoms with Gasteiger partial charge in [-0.1, -0.05) is 25.3 Å². The Morgan fingerprint density at radius 2 is 1.78 bits per heavy atom. The maximum atomic E-state index is 14.8. The fourth-order valence-corrected chi connectivity index (χ4v) is 10.8. The number of amides is 2. The molecule has 2 amide bonds. The molecule has 3 aliphatic heterocycles. The molecule has 9 rings (SSSR count). The highest BCUT2D eigenvalue weighted by Gasteiger charge is 2.65. The van der Waals surface area contributed by atoms with Crippen LogP contribution in [0.1, 0.15) is 91.1 Å².